The van der Waals surface area contributed by atoms with Crippen LogP contribution in [0, 0.1) is 0 Å². The Morgan fingerprint density at radius 3 is 3.00 bits per heavy atom. The molecule has 0 amide bonds. The normalized spacial score (nSPS) is 27.1. The van der Waals surface area contributed by atoms with Crippen LogP contribution in [0.4, 0.5) is 0 Å². The van der Waals surface area contributed by atoms with Crippen molar-refractivity contribution < 1.29 is 0 Å². The summed E-state index contributed by atoms with van der Waals surface area (Å²) < 4.78 is 0. The highest BCUT2D eigenvalue weighted by Gasteiger charge is 2.34. The number of hydrogen-bond acceptors (Lipinski definition) is 4. The summed E-state index contributed by atoms with van der Waals surface area (Å²) in [5, 5.41) is 3.50. The lowest BCUT2D eigenvalue weighted by molar-refractivity contribution is 0.0547. The van der Waals surface area contributed by atoms with Crippen LogP contribution in [0.2, 0.25) is 0 Å². The zero-order chi connectivity index (χ0) is 14.7. The molecule has 2 aliphatic heterocycles. The number of nitrogens with zero attached hydrogens (tertiary/aromatic N) is 2. The molecule has 1 N–H and O–H groups in total. The summed E-state index contributed by atoms with van der Waals surface area (Å²) >= 11 is 1.99. The molecule has 4 heteroatoms. The molecule has 118 valence electrons. The number of nitrogens with one attached hydrogen (secondary N) is 1. The molecule has 0 spiro atoms. The van der Waals surface area contributed by atoms with Crippen molar-refractivity contribution in [1.29, 1.82) is 0 Å². The monoisotopic (exact) mass is 307 g/mol. The fourth-order valence-electron chi connectivity index (χ4n) is 3.66. The highest BCUT2D eigenvalue weighted by molar-refractivity contribution is 7.11. The summed E-state index contributed by atoms with van der Waals surface area (Å²) in [5.74, 6) is 0. The quantitative estimate of drug-likeness (QED) is 0.815. The first kappa shape index (κ1) is 15.5. The fourth-order valence-corrected chi connectivity index (χ4v) is 4.67. The number of thiophene rings is 1. The second-order valence-electron chi connectivity index (χ2n) is 6.61. The van der Waals surface area contributed by atoms with E-state index in [0.717, 1.165) is 25.7 Å². The van der Waals surface area contributed by atoms with Gasteiger partial charge in [0, 0.05) is 48.0 Å². The Labute approximate surface area is 133 Å². The molecule has 3 nitrogen and oxygen atoms in total. The largest absolute Gasteiger partial charge is 0.312 e. The molecule has 3 rings (SSSR count). The first-order chi connectivity index (χ1) is 10.3. The molecular weight excluding hydrogens is 278 g/mol. The molecule has 0 bridgehead atoms. The average Bonchev–Trinajstić information content (AvgIpc) is 3.09. The third-order valence-electron chi connectivity index (χ3n) is 4.87. The SMILES string of the molecule is CCCNCc1ccc(CN2CC3CCCN3CC2C)s1. The number of fused-ring (bicyclic) bond motifs is 1. The average molecular weight is 308 g/mol. The fraction of sp³-hybridized carbons (Fsp3) is 0.765. The van der Waals surface area contributed by atoms with E-state index >= 15 is 0 Å². The first-order valence-electron chi connectivity index (χ1n) is 8.52. The van der Waals surface area contributed by atoms with Gasteiger partial charge in [0.05, 0.1) is 0 Å². The van der Waals surface area contributed by atoms with Crippen LogP contribution in [0.5, 0.6) is 0 Å². The van der Waals surface area contributed by atoms with Crippen LogP contribution in [0.25, 0.3) is 0 Å². The first-order valence-corrected chi connectivity index (χ1v) is 9.34. The highest BCUT2D eigenvalue weighted by Crippen LogP contribution is 2.27. The topological polar surface area (TPSA) is 18.5 Å². The van der Waals surface area contributed by atoms with E-state index in [1.54, 1.807) is 0 Å². The van der Waals surface area contributed by atoms with Gasteiger partial charge in [0.1, 0.15) is 0 Å². The van der Waals surface area contributed by atoms with Crippen molar-refractivity contribution >= 4 is 11.3 Å². The minimum Gasteiger partial charge on any atom is -0.312 e. The van der Waals surface area contributed by atoms with Gasteiger partial charge in [-0.2, -0.15) is 0 Å². The molecule has 21 heavy (non-hydrogen) atoms. The molecule has 0 aromatic carbocycles. The molecule has 2 unspecified atom stereocenters. The lowest BCUT2D eigenvalue weighted by atomic mass is 10.1. The van der Waals surface area contributed by atoms with E-state index in [0.29, 0.717) is 6.04 Å². The van der Waals surface area contributed by atoms with Crippen LogP contribution < -0.4 is 5.32 Å². The molecule has 3 heterocycles. The van der Waals surface area contributed by atoms with Crippen molar-refractivity contribution in [2.45, 2.75) is 58.3 Å². The van der Waals surface area contributed by atoms with Crippen LogP contribution in [-0.2, 0) is 13.1 Å². The summed E-state index contributed by atoms with van der Waals surface area (Å²) in [4.78, 5) is 8.41. The van der Waals surface area contributed by atoms with Gasteiger partial charge in [0.15, 0.2) is 0 Å². The molecule has 2 saturated heterocycles. The van der Waals surface area contributed by atoms with Crippen molar-refractivity contribution in [2.24, 2.45) is 0 Å². The minimum atomic E-state index is 0.697. The van der Waals surface area contributed by atoms with E-state index in [1.165, 1.54) is 48.7 Å². The summed E-state index contributed by atoms with van der Waals surface area (Å²) in [6, 6.07) is 6.16. The van der Waals surface area contributed by atoms with Gasteiger partial charge in [-0.05, 0) is 51.4 Å². The Bertz CT molecular complexity index is 445. The molecule has 0 radical (unpaired) electrons. The van der Waals surface area contributed by atoms with Crippen molar-refractivity contribution in [3.05, 3.63) is 21.9 Å². The van der Waals surface area contributed by atoms with Crippen molar-refractivity contribution in [3.63, 3.8) is 0 Å². The van der Waals surface area contributed by atoms with Gasteiger partial charge in [-0.1, -0.05) is 6.92 Å². The molecule has 1 aromatic heterocycles. The molecule has 2 atom stereocenters. The maximum atomic E-state index is 3.50. The molecule has 0 aliphatic carbocycles. The minimum absolute atomic E-state index is 0.697. The maximum Gasteiger partial charge on any atom is 0.0332 e. The Morgan fingerprint density at radius 1 is 1.29 bits per heavy atom. The Hall–Kier alpha value is -0.420. The van der Waals surface area contributed by atoms with E-state index in [1.807, 2.05) is 11.3 Å². The standard InChI is InChI=1S/C17H29N3S/c1-3-8-18-10-16-6-7-17(21-16)13-20-12-15-5-4-9-19(15)11-14(20)2/h6-7,14-15,18H,3-5,8-13H2,1-2H3. The molecule has 2 aliphatic rings. The molecule has 2 fully saturated rings. The second kappa shape index (κ2) is 7.23. The van der Waals surface area contributed by atoms with Crippen LogP contribution >= 0.6 is 11.3 Å². The van der Waals surface area contributed by atoms with E-state index in [4.69, 9.17) is 0 Å². The van der Waals surface area contributed by atoms with Crippen LogP contribution in [0.3, 0.4) is 0 Å². The number of piperazine rings is 1. The van der Waals surface area contributed by atoms with Gasteiger partial charge in [-0.15, -0.1) is 11.3 Å². The van der Waals surface area contributed by atoms with Crippen molar-refractivity contribution in [2.75, 3.05) is 26.2 Å². The Balaban J connectivity index is 1.53. The van der Waals surface area contributed by atoms with E-state index in [9.17, 15) is 0 Å². The molecular formula is C17H29N3S. The van der Waals surface area contributed by atoms with Crippen LogP contribution in [0.15, 0.2) is 12.1 Å². The summed E-state index contributed by atoms with van der Waals surface area (Å²) in [7, 11) is 0. The van der Waals surface area contributed by atoms with E-state index in [2.05, 4.69) is 41.1 Å². The third kappa shape index (κ3) is 3.86. The zero-order valence-electron chi connectivity index (χ0n) is 13.5. The highest BCUT2D eigenvalue weighted by atomic mass is 32.1. The smallest absolute Gasteiger partial charge is 0.0332 e. The second-order valence-corrected chi connectivity index (χ2v) is 7.87. The van der Waals surface area contributed by atoms with E-state index < -0.39 is 0 Å². The Morgan fingerprint density at radius 2 is 2.14 bits per heavy atom. The lowest BCUT2D eigenvalue weighted by Crippen LogP contribution is -2.54. The predicted octanol–water partition coefficient (Wildman–Crippen LogP) is 2.92. The maximum absolute atomic E-state index is 3.50. The zero-order valence-corrected chi connectivity index (χ0v) is 14.3. The van der Waals surface area contributed by atoms with Gasteiger partial charge >= 0.3 is 0 Å². The van der Waals surface area contributed by atoms with E-state index in [-0.39, 0.29) is 0 Å². The van der Waals surface area contributed by atoms with Crippen LogP contribution in [0.1, 0.15) is 42.9 Å². The van der Waals surface area contributed by atoms with Gasteiger partial charge in [-0.3, -0.25) is 9.80 Å². The van der Waals surface area contributed by atoms with Gasteiger partial charge in [-0.25, -0.2) is 0 Å². The summed E-state index contributed by atoms with van der Waals surface area (Å²) in [6.45, 7) is 11.8. The Kier molecular flexibility index (Phi) is 5.33. The van der Waals surface area contributed by atoms with Gasteiger partial charge in [0.2, 0.25) is 0 Å². The predicted molar refractivity (Wildman–Crippen MR) is 90.8 cm³/mol. The molecule has 0 saturated carbocycles. The summed E-state index contributed by atoms with van der Waals surface area (Å²) in [5.41, 5.74) is 0. The van der Waals surface area contributed by atoms with Crippen molar-refractivity contribution in [3.8, 4) is 0 Å². The van der Waals surface area contributed by atoms with Crippen molar-refractivity contribution in [1.82, 2.24) is 15.1 Å². The van der Waals surface area contributed by atoms with Crippen LogP contribution in [-0.4, -0.2) is 48.1 Å². The summed E-state index contributed by atoms with van der Waals surface area (Å²) in [6.07, 6.45) is 4.01. The number of hydrogen-bond donors (Lipinski definition) is 1. The van der Waals surface area contributed by atoms with Gasteiger partial charge in [0.25, 0.3) is 0 Å². The molecule has 1 aromatic rings. The van der Waals surface area contributed by atoms with Gasteiger partial charge < -0.3 is 5.32 Å². The lowest BCUT2D eigenvalue weighted by Gasteiger charge is -2.42. The third-order valence-corrected chi connectivity index (χ3v) is 5.94. The number of rotatable bonds is 6.